The molecule has 8 aromatic carbocycles. The van der Waals surface area contributed by atoms with Crippen LogP contribution < -0.4 is 9.80 Å². The Hall–Kier alpha value is -8.28. The van der Waals surface area contributed by atoms with Gasteiger partial charge in [-0.05, 0) is 110 Å². The van der Waals surface area contributed by atoms with E-state index in [-0.39, 0.29) is 0 Å². The zero-order chi connectivity index (χ0) is 42.6. The molecule has 0 saturated carbocycles. The molecule has 0 N–H and O–H groups in total. The lowest BCUT2D eigenvalue weighted by atomic mass is 9.80. The summed E-state index contributed by atoms with van der Waals surface area (Å²) in [6.07, 6.45) is 7.62. The predicted molar refractivity (Wildman–Crippen MR) is 263 cm³/mol. The van der Waals surface area contributed by atoms with Gasteiger partial charge in [0.15, 0.2) is 0 Å². The number of benzene rings is 8. The first-order valence-electron chi connectivity index (χ1n) is 21.8. The number of para-hydroxylation sites is 4. The lowest BCUT2D eigenvalue weighted by Crippen LogP contribution is -2.24. The van der Waals surface area contributed by atoms with E-state index < -0.39 is 5.41 Å². The third kappa shape index (κ3) is 6.40. The van der Waals surface area contributed by atoms with E-state index in [1.165, 1.54) is 0 Å². The van der Waals surface area contributed by atoms with Crippen LogP contribution in [0.4, 0.5) is 28.4 Å². The maximum atomic E-state index is 7.04. The van der Waals surface area contributed by atoms with E-state index in [0.717, 1.165) is 113 Å². The first kappa shape index (κ1) is 37.5. The third-order valence-electron chi connectivity index (χ3n) is 12.6. The molecular weight excluding hydrogens is 785 g/mol. The van der Waals surface area contributed by atoms with E-state index in [9.17, 15) is 0 Å². The van der Waals surface area contributed by atoms with Crippen LogP contribution in [0.15, 0.2) is 243 Å². The van der Waals surface area contributed by atoms with Crippen LogP contribution >= 0.6 is 0 Å². The van der Waals surface area contributed by atoms with Crippen LogP contribution in [-0.2, 0) is 5.41 Å². The molecule has 1 unspecified atom stereocenters. The highest BCUT2D eigenvalue weighted by Crippen LogP contribution is 2.48. The SMILES string of the molecule is CC1(c2cc3c4ccc5cc(-c6ccc(N(c7ccccc7)c7ccccc7)cc6)oc5c4c4oc(-c5ccccc5)cc4c3o2)C=CC(N(c2ccccc2)c2ccccc2)=CC1. The Labute approximate surface area is 371 Å². The summed E-state index contributed by atoms with van der Waals surface area (Å²) in [5, 5.41) is 4.91. The van der Waals surface area contributed by atoms with Gasteiger partial charge in [-0.2, -0.15) is 0 Å². The smallest absolute Gasteiger partial charge is 0.150 e. The number of allylic oxidation sites excluding steroid dienone is 3. The van der Waals surface area contributed by atoms with E-state index >= 15 is 0 Å². The summed E-state index contributed by atoms with van der Waals surface area (Å²) < 4.78 is 20.8. The number of hydrogen-bond acceptors (Lipinski definition) is 5. The van der Waals surface area contributed by atoms with Crippen LogP contribution in [0, 0.1) is 0 Å². The average Bonchev–Trinajstić information content (AvgIpc) is 4.13. The van der Waals surface area contributed by atoms with Crippen LogP contribution in [0.25, 0.3) is 66.3 Å². The zero-order valence-corrected chi connectivity index (χ0v) is 35.2. The molecule has 3 aromatic heterocycles. The van der Waals surface area contributed by atoms with Crippen molar-refractivity contribution in [3.05, 3.63) is 236 Å². The number of hydrogen-bond donors (Lipinski definition) is 0. The van der Waals surface area contributed by atoms with Crippen LogP contribution in [0.3, 0.4) is 0 Å². The van der Waals surface area contributed by atoms with Gasteiger partial charge in [0.25, 0.3) is 0 Å². The molecular formula is C59H42N2O3. The average molecular weight is 827 g/mol. The molecule has 3 heterocycles. The zero-order valence-electron chi connectivity index (χ0n) is 35.2. The monoisotopic (exact) mass is 826 g/mol. The van der Waals surface area contributed by atoms with Gasteiger partial charge < -0.3 is 23.1 Å². The first-order chi connectivity index (χ1) is 31.6. The summed E-state index contributed by atoms with van der Waals surface area (Å²) in [4.78, 5) is 4.57. The van der Waals surface area contributed by atoms with Gasteiger partial charge >= 0.3 is 0 Å². The van der Waals surface area contributed by atoms with Gasteiger partial charge in [0, 0.05) is 66.8 Å². The summed E-state index contributed by atoms with van der Waals surface area (Å²) >= 11 is 0. The molecule has 0 spiro atoms. The van der Waals surface area contributed by atoms with Crippen molar-refractivity contribution in [2.75, 3.05) is 9.80 Å². The molecule has 0 fully saturated rings. The molecule has 306 valence electrons. The number of furan rings is 3. The fourth-order valence-electron chi connectivity index (χ4n) is 9.31. The summed E-state index contributed by atoms with van der Waals surface area (Å²) in [5.41, 5.74) is 10.5. The Kier molecular flexibility index (Phi) is 8.94. The molecule has 0 amide bonds. The predicted octanol–water partition coefficient (Wildman–Crippen LogP) is 16.8. The van der Waals surface area contributed by atoms with Crippen LogP contribution in [0.2, 0.25) is 0 Å². The van der Waals surface area contributed by atoms with Crippen molar-refractivity contribution in [2.45, 2.75) is 18.8 Å². The van der Waals surface area contributed by atoms with Gasteiger partial charge in [0.2, 0.25) is 0 Å². The molecule has 12 rings (SSSR count). The van der Waals surface area contributed by atoms with Crippen molar-refractivity contribution in [3.8, 4) is 22.6 Å². The van der Waals surface area contributed by atoms with Gasteiger partial charge in [0.05, 0.1) is 10.8 Å². The van der Waals surface area contributed by atoms with E-state index in [4.69, 9.17) is 13.3 Å². The minimum atomic E-state index is -0.392. The van der Waals surface area contributed by atoms with Crippen molar-refractivity contribution in [1.29, 1.82) is 0 Å². The van der Waals surface area contributed by atoms with Crippen molar-refractivity contribution in [3.63, 3.8) is 0 Å². The van der Waals surface area contributed by atoms with Gasteiger partial charge in [0.1, 0.15) is 34.0 Å². The molecule has 5 nitrogen and oxygen atoms in total. The molecule has 0 bridgehead atoms. The first-order valence-corrected chi connectivity index (χ1v) is 21.8. The highest BCUT2D eigenvalue weighted by Gasteiger charge is 2.32. The maximum Gasteiger partial charge on any atom is 0.150 e. The summed E-state index contributed by atoms with van der Waals surface area (Å²) in [5.74, 6) is 2.47. The minimum absolute atomic E-state index is 0.392. The van der Waals surface area contributed by atoms with Crippen molar-refractivity contribution < 1.29 is 13.3 Å². The van der Waals surface area contributed by atoms with Gasteiger partial charge in [-0.15, -0.1) is 0 Å². The van der Waals surface area contributed by atoms with E-state index in [2.05, 4.69) is 211 Å². The van der Waals surface area contributed by atoms with Crippen LogP contribution in [0.1, 0.15) is 19.1 Å². The molecule has 11 aromatic rings. The van der Waals surface area contributed by atoms with Crippen molar-refractivity contribution in [1.82, 2.24) is 0 Å². The standard InChI is InChI=1S/C59H42N2O3/c1-59(35-33-48(34-36-59)61(45-23-13-5-14-24-45)46-25-15-6-16-26-46)54-39-50-49-32-29-42-37-52(41-27-30-47(31-28-41)60(43-19-9-3-10-20-43)44-21-11-4-12-22-44)62-56(42)55(49)58-51(57(50)64-54)38-53(63-58)40-17-7-2-8-18-40/h2-35,37-39H,36H2,1H3. The van der Waals surface area contributed by atoms with E-state index in [0.29, 0.717) is 0 Å². The molecule has 0 saturated heterocycles. The normalized spacial score (nSPS) is 15.0. The second-order valence-electron chi connectivity index (χ2n) is 16.7. The Morgan fingerprint density at radius 2 is 0.938 bits per heavy atom. The summed E-state index contributed by atoms with van der Waals surface area (Å²) in [6.45, 7) is 2.26. The Balaban J connectivity index is 0.965. The molecule has 1 aliphatic carbocycles. The highest BCUT2D eigenvalue weighted by molar-refractivity contribution is 6.28. The topological polar surface area (TPSA) is 45.9 Å². The van der Waals surface area contributed by atoms with Gasteiger partial charge in [-0.1, -0.05) is 127 Å². The van der Waals surface area contributed by atoms with E-state index in [1.54, 1.807) is 0 Å². The molecule has 64 heavy (non-hydrogen) atoms. The fraction of sp³-hybridized carbons (Fsp3) is 0.0508. The van der Waals surface area contributed by atoms with Crippen LogP contribution in [0.5, 0.6) is 0 Å². The molecule has 0 radical (unpaired) electrons. The summed E-state index contributed by atoms with van der Waals surface area (Å²) in [7, 11) is 0. The maximum absolute atomic E-state index is 7.04. The second kappa shape index (κ2) is 15.3. The molecule has 1 atom stereocenters. The number of nitrogens with zero attached hydrogens (tertiary/aromatic N) is 2. The number of anilines is 5. The lowest BCUT2D eigenvalue weighted by molar-refractivity contribution is 0.438. The lowest BCUT2D eigenvalue weighted by Gasteiger charge is -2.32. The molecule has 5 heteroatoms. The highest BCUT2D eigenvalue weighted by atomic mass is 16.4. The largest absolute Gasteiger partial charge is 0.459 e. The fourth-order valence-corrected chi connectivity index (χ4v) is 9.31. The Bertz CT molecular complexity index is 3440. The second-order valence-corrected chi connectivity index (χ2v) is 16.7. The summed E-state index contributed by atoms with van der Waals surface area (Å²) in [6, 6.07) is 71.7. The van der Waals surface area contributed by atoms with Crippen molar-refractivity contribution >= 4 is 72.1 Å². The molecule has 0 aliphatic heterocycles. The quantitative estimate of drug-likeness (QED) is 0.145. The van der Waals surface area contributed by atoms with Gasteiger partial charge in [-0.3, -0.25) is 0 Å². The minimum Gasteiger partial charge on any atom is -0.459 e. The van der Waals surface area contributed by atoms with Crippen LogP contribution in [-0.4, -0.2) is 0 Å². The molecule has 1 aliphatic rings. The third-order valence-corrected chi connectivity index (χ3v) is 12.6. The number of rotatable bonds is 9. The Morgan fingerprint density at radius 1 is 0.422 bits per heavy atom. The Morgan fingerprint density at radius 3 is 1.52 bits per heavy atom. The van der Waals surface area contributed by atoms with Crippen molar-refractivity contribution in [2.24, 2.45) is 0 Å². The van der Waals surface area contributed by atoms with E-state index in [1.807, 2.05) is 30.3 Å². The van der Waals surface area contributed by atoms with Gasteiger partial charge in [-0.25, -0.2) is 0 Å². The number of fused-ring (bicyclic) bond motifs is 8.